The summed E-state index contributed by atoms with van der Waals surface area (Å²) in [7, 11) is 0. The Hall–Kier alpha value is -2.63. The summed E-state index contributed by atoms with van der Waals surface area (Å²) in [6, 6.07) is 16.5. The third-order valence-corrected chi connectivity index (χ3v) is 5.41. The first-order valence-electron chi connectivity index (χ1n) is 8.09. The minimum Gasteiger partial charge on any atom is -0.288 e. The van der Waals surface area contributed by atoms with E-state index in [0.29, 0.717) is 27.5 Å². The second kappa shape index (κ2) is 6.59. The van der Waals surface area contributed by atoms with E-state index in [1.54, 1.807) is 28.8 Å². The first-order valence-corrected chi connectivity index (χ1v) is 9.35. The van der Waals surface area contributed by atoms with Crippen molar-refractivity contribution in [1.82, 2.24) is 9.13 Å². The van der Waals surface area contributed by atoms with Gasteiger partial charge >= 0.3 is 5.69 Å². The topological polar surface area (TPSA) is 44.0 Å². The first kappa shape index (κ1) is 16.8. The van der Waals surface area contributed by atoms with Crippen LogP contribution in [0.1, 0.15) is 11.1 Å². The number of nitrogens with zero attached hydrogens (tertiary/aromatic N) is 2. The fourth-order valence-corrected chi connectivity index (χ4v) is 4.00. The van der Waals surface area contributed by atoms with Crippen LogP contribution < -0.4 is 11.2 Å². The van der Waals surface area contributed by atoms with Crippen LogP contribution in [0.15, 0.2) is 69.6 Å². The fourth-order valence-electron chi connectivity index (χ4n) is 3.05. The van der Waals surface area contributed by atoms with Gasteiger partial charge < -0.3 is 0 Å². The lowest BCUT2D eigenvalue weighted by Gasteiger charge is -2.13. The number of hydrogen-bond acceptors (Lipinski definition) is 3. The molecule has 0 saturated carbocycles. The van der Waals surface area contributed by atoms with Gasteiger partial charge in [0.15, 0.2) is 0 Å². The van der Waals surface area contributed by atoms with Crippen LogP contribution in [0, 0.1) is 6.92 Å². The quantitative estimate of drug-likeness (QED) is 0.532. The fraction of sp³-hybridized carbons (Fsp3) is 0.100. The Labute approximate surface area is 158 Å². The molecule has 0 radical (unpaired) electrons. The van der Waals surface area contributed by atoms with Gasteiger partial charge in [0.05, 0.1) is 17.7 Å². The van der Waals surface area contributed by atoms with Crippen molar-refractivity contribution in [2.24, 2.45) is 0 Å². The number of benzene rings is 2. The number of thiophene rings is 1. The molecule has 0 spiro atoms. The Morgan fingerprint density at radius 1 is 1.04 bits per heavy atom. The molecule has 130 valence electrons. The Balaban J connectivity index is 1.98. The van der Waals surface area contributed by atoms with Gasteiger partial charge in [0.25, 0.3) is 5.56 Å². The summed E-state index contributed by atoms with van der Waals surface area (Å²) in [4.78, 5) is 26.1. The third kappa shape index (κ3) is 2.89. The van der Waals surface area contributed by atoms with Crippen molar-refractivity contribution in [3.05, 3.63) is 97.0 Å². The molecule has 0 aliphatic carbocycles. The lowest BCUT2D eigenvalue weighted by Crippen LogP contribution is -2.38. The lowest BCUT2D eigenvalue weighted by atomic mass is 10.1. The number of hydrogen-bond donors (Lipinski definition) is 0. The van der Waals surface area contributed by atoms with Gasteiger partial charge in [0, 0.05) is 5.02 Å². The highest BCUT2D eigenvalue weighted by molar-refractivity contribution is 7.17. The molecule has 0 N–H and O–H groups in total. The summed E-state index contributed by atoms with van der Waals surface area (Å²) in [6.45, 7) is 2.42. The molecular weight excluding hydrogens is 368 g/mol. The summed E-state index contributed by atoms with van der Waals surface area (Å²) in [5.74, 6) is 0. The van der Waals surface area contributed by atoms with Crippen LogP contribution in [0.25, 0.3) is 15.9 Å². The molecule has 0 amide bonds. The predicted octanol–water partition coefficient (Wildman–Crippen LogP) is 4.22. The van der Waals surface area contributed by atoms with Crippen molar-refractivity contribution < 1.29 is 0 Å². The summed E-state index contributed by atoms with van der Waals surface area (Å²) < 4.78 is 3.42. The predicted molar refractivity (Wildman–Crippen MR) is 107 cm³/mol. The van der Waals surface area contributed by atoms with Crippen LogP contribution in [0.4, 0.5) is 0 Å². The molecule has 6 heteroatoms. The SMILES string of the molecule is Cc1cccc(Cn2c(=O)n(-c3ccc(Cl)cc3)c(=O)c3sccc32)c1. The molecule has 0 bridgehead atoms. The number of fused-ring (bicyclic) bond motifs is 1. The van der Waals surface area contributed by atoms with E-state index in [1.807, 2.05) is 42.6 Å². The zero-order valence-electron chi connectivity index (χ0n) is 14.0. The highest BCUT2D eigenvalue weighted by Gasteiger charge is 2.15. The minimum atomic E-state index is -0.357. The van der Waals surface area contributed by atoms with Gasteiger partial charge in [-0.25, -0.2) is 9.36 Å². The molecule has 0 aliphatic heterocycles. The Morgan fingerprint density at radius 3 is 2.54 bits per heavy atom. The molecule has 4 nitrogen and oxygen atoms in total. The normalized spacial score (nSPS) is 11.2. The van der Waals surface area contributed by atoms with Crippen molar-refractivity contribution in [1.29, 1.82) is 0 Å². The van der Waals surface area contributed by atoms with Gasteiger partial charge in [-0.05, 0) is 48.2 Å². The second-order valence-corrected chi connectivity index (χ2v) is 7.46. The summed E-state index contributed by atoms with van der Waals surface area (Å²) in [6.07, 6.45) is 0. The molecular formula is C20H15ClN2O2S. The second-order valence-electron chi connectivity index (χ2n) is 6.11. The van der Waals surface area contributed by atoms with Crippen molar-refractivity contribution >= 4 is 33.2 Å². The van der Waals surface area contributed by atoms with Crippen molar-refractivity contribution in [3.8, 4) is 5.69 Å². The maximum absolute atomic E-state index is 13.2. The van der Waals surface area contributed by atoms with Crippen LogP contribution in [-0.4, -0.2) is 9.13 Å². The average Bonchev–Trinajstić information content (AvgIpc) is 3.10. The Morgan fingerprint density at radius 2 is 1.81 bits per heavy atom. The van der Waals surface area contributed by atoms with E-state index in [0.717, 1.165) is 11.1 Å². The number of rotatable bonds is 3. The van der Waals surface area contributed by atoms with Crippen molar-refractivity contribution in [2.75, 3.05) is 0 Å². The number of aromatic nitrogens is 2. The molecule has 0 atom stereocenters. The van der Waals surface area contributed by atoms with Gasteiger partial charge in [-0.3, -0.25) is 9.36 Å². The van der Waals surface area contributed by atoms with Gasteiger partial charge in [-0.2, -0.15) is 0 Å². The number of halogens is 1. The third-order valence-electron chi connectivity index (χ3n) is 4.26. The maximum atomic E-state index is 13.2. The minimum absolute atomic E-state index is 0.303. The highest BCUT2D eigenvalue weighted by atomic mass is 35.5. The van der Waals surface area contributed by atoms with Gasteiger partial charge in [0.1, 0.15) is 4.70 Å². The van der Waals surface area contributed by atoms with E-state index < -0.39 is 0 Å². The molecule has 0 unspecified atom stereocenters. The smallest absolute Gasteiger partial charge is 0.288 e. The standard InChI is InChI=1S/C20H15ClN2O2S/c1-13-3-2-4-14(11-13)12-22-17-9-10-26-18(17)19(24)23(20(22)25)16-7-5-15(21)6-8-16/h2-11H,12H2,1H3. The zero-order valence-corrected chi connectivity index (χ0v) is 15.6. The highest BCUT2D eigenvalue weighted by Crippen LogP contribution is 2.18. The lowest BCUT2D eigenvalue weighted by molar-refractivity contribution is 0.716. The van der Waals surface area contributed by atoms with Crippen LogP contribution in [-0.2, 0) is 6.54 Å². The summed E-state index contributed by atoms with van der Waals surface area (Å²) in [5.41, 5.74) is 2.66. The van der Waals surface area contributed by atoms with E-state index in [1.165, 1.54) is 15.9 Å². The molecule has 0 fully saturated rings. The molecule has 2 aromatic carbocycles. The van der Waals surface area contributed by atoms with Crippen LogP contribution in [0.2, 0.25) is 5.02 Å². The molecule has 4 aromatic rings. The largest absolute Gasteiger partial charge is 0.336 e. The van der Waals surface area contributed by atoms with Gasteiger partial charge in [-0.1, -0.05) is 41.4 Å². The molecule has 0 aliphatic rings. The maximum Gasteiger partial charge on any atom is 0.336 e. The van der Waals surface area contributed by atoms with E-state index in [-0.39, 0.29) is 11.2 Å². The molecule has 2 heterocycles. The Kier molecular flexibility index (Phi) is 4.26. The zero-order chi connectivity index (χ0) is 18.3. The first-order chi connectivity index (χ1) is 12.5. The van der Waals surface area contributed by atoms with Crippen LogP contribution >= 0.6 is 22.9 Å². The Bertz CT molecular complexity index is 1220. The van der Waals surface area contributed by atoms with Gasteiger partial charge in [-0.15, -0.1) is 11.3 Å². The molecule has 2 aromatic heterocycles. The van der Waals surface area contributed by atoms with E-state index >= 15 is 0 Å². The summed E-state index contributed by atoms with van der Waals surface area (Å²) in [5, 5.41) is 2.39. The van der Waals surface area contributed by atoms with Crippen LogP contribution in [0.5, 0.6) is 0 Å². The number of aryl methyl sites for hydroxylation is 1. The molecule has 4 rings (SSSR count). The van der Waals surface area contributed by atoms with Crippen LogP contribution in [0.3, 0.4) is 0 Å². The van der Waals surface area contributed by atoms with Crippen molar-refractivity contribution in [3.63, 3.8) is 0 Å². The average molecular weight is 383 g/mol. The molecule has 0 saturated heterocycles. The van der Waals surface area contributed by atoms with E-state index in [4.69, 9.17) is 11.6 Å². The van der Waals surface area contributed by atoms with Crippen molar-refractivity contribution in [2.45, 2.75) is 13.5 Å². The summed E-state index contributed by atoms with van der Waals surface area (Å²) >= 11 is 7.28. The van der Waals surface area contributed by atoms with Gasteiger partial charge in [0.2, 0.25) is 0 Å². The monoisotopic (exact) mass is 382 g/mol. The van der Waals surface area contributed by atoms with E-state index in [9.17, 15) is 9.59 Å². The van der Waals surface area contributed by atoms with E-state index in [2.05, 4.69) is 0 Å². The molecule has 26 heavy (non-hydrogen) atoms.